The Hall–Kier alpha value is -0.160. The summed E-state index contributed by atoms with van der Waals surface area (Å²) in [5.41, 5.74) is -0.232. The first-order valence-corrected chi connectivity index (χ1v) is 10.5. The topological polar surface area (TPSA) is 36.9 Å². The normalized spacial score (nSPS) is 17.6. The molecule has 164 valence electrons. The number of hydrogen-bond acceptors (Lipinski definition) is 4. The van der Waals surface area contributed by atoms with Crippen molar-refractivity contribution < 1.29 is 18.9 Å². The summed E-state index contributed by atoms with van der Waals surface area (Å²) in [4.78, 5) is 0. The molecule has 0 aliphatic rings. The molecule has 0 aliphatic heterocycles. The Kier molecular flexibility index (Phi) is 12.3. The molecule has 0 aromatic carbocycles. The molecular formula is C23H48O4. The third kappa shape index (κ3) is 8.00. The molecule has 0 saturated carbocycles. The van der Waals surface area contributed by atoms with Crippen molar-refractivity contribution >= 4 is 0 Å². The van der Waals surface area contributed by atoms with Crippen molar-refractivity contribution in [1.82, 2.24) is 0 Å². The van der Waals surface area contributed by atoms with Crippen molar-refractivity contribution in [3.63, 3.8) is 0 Å². The van der Waals surface area contributed by atoms with Crippen molar-refractivity contribution in [2.24, 2.45) is 28.6 Å². The summed E-state index contributed by atoms with van der Waals surface area (Å²) >= 11 is 0. The summed E-state index contributed by atoms with van der Waals surface area (Å²) in [5.74, 6) is 1.65. The van der Waals surface area contributed by atoms with E-state index in [1.165, 1.54) is 0 Å². The van der Waals surface area contributed by atoms with Crippen LogP contribution in [-0.2, 0) is 18.9 Å². The number of hydrogen-bond donors (Lipinski definition) is 0. The molecule has 0 rings (SSSR count). The average molecular weight is 389 g/mol. The largest absolute Gasteiger partial charge is 0.384 e. The Morgan fingerprint density at radius 1 is 0.593 bits per heavy atom. The van der Waals surface area contributed by atoms with Gasteiger partial charge in [-0.2, -0.15) is 0 Å². The second kappa shape index (κ2) is 12.4. The van der Waals surface area contributed by atoms with Gasteiger partial charge in [0.1, 0.15) is 0 Å². The monoisotopic (exact) mass is 388 g/mol. The molecule has 4 nitrogen and oxygen atoms in total. The van der Waals surface area contributed by atoms with E-state index < -0.39 is 0 Å². The summed E-state index contributed by atoms with van der Waals surface area (Å²) in [6.45, 7) is 17.2. The lowest BCUT2D eigenvalue weighted by Crippen LogP contribution is -2.56. The van der Waals surface area contributed by atoms with E-state index in [-0.39, 0.29) is 23.0 Å². The standard InChI is InChI=1S/C23H48O4/c1-17(2)12-22(7,15-24-8)20(26-10)21(27-11)23(16-25-9,13-18(3)4)14-19(5)6/h17-21H,12-16H2,1-11H3. The molecule has 4 heteroatoms. The number of methoxy groups -OCH3 is 4. The zero-order valence-corrected chi connectivity index (χ0v) is 20.1. The summed E-state index contributed by atoms with van der Waals surface area (Å²) in [7, 11) is 7.21. The first kappa shape index (κ1) is 26.8. The van der Waals surface area contributed by atoms with Crippen molar-refractivity contribution in [1.29, 1.82) is 0 Å². The number of rotatable bonds is 15. The van der Waals surface area contributed by atoms with Gasteiger partial charge in [0.25, 0.3) is 0 Å². The SMILES string of the molecule is COCC(C)(CC(C)C)C(OC)C(OC)C(COC)(CC(C)C)CC(C)C. The van der Waals surface area contributed by atoms with Gasteiger partial charge in [-0.3, -0.25) is 0 Å². The predicted molar refractivity (Wildman–Crippen MR) is 114 cm³/mol. The summed E-state index contributed by atoms with van der Waals surface area (Å²) < 4.78 is 23.8. The lowest BCUT2D eigenvalue weighted by atomic mass is 9.64. The van der Waals surface area contributed by atoms with E-state index in [0.29, 0.717) is 31.0 Å². The minimum Gasteiger partial charge on any atom is -0.384 e. The second-order valence-electron chi connectivity index (χ2n) is 9.99. The fraction of sp³-hybridized carbons (Fsp3) is 1.00. The van der Waals surface area contributed by atoms with Gasteiger partial charge in [-0.1, -0.05) is 48.5 Å². The van der Waals surface area contributed by atoms with Crippen LogP contribution in [0.2, 0.25) is 0 Å². The lowest BCUT2D eigenvalue weighted by molar-refractivity contribution is -0.183. The van der Waals surface area contributed by atoms with Crippen LogP contribution >= 0.6 is 0 Å². The van der Waals surface area contributed by atoms with Gasteiger partial charge in [-0.15, -0.1) is 0 Å². The van der Waals surface area contributed by atoms with Crippen LogP contribution in [0.4, 0.5) is 0 Å². The van der Waals surface area contributed by atoms with Crippen molar-refractivity contribution in [3.8, 4) is 0 Å². The molecule has 0 saturated heterocycles. The quantitative estimate of drug-likeness (QED) is 0.374. The van der Waals surface area contributed by atoms with Crippen LogP contribution in [0, 0.1) is 28.6 Å². The van der Waals surface area contributed by atoms with Crippen LogP contribution in [0.15, 0.2) is 0 Å². The molecule has 0 aliphatic carbocycles. The van der Waals surface area contributed by atoms with Gasteiger partial charge in [0, 0.05) is 39.3 Å². The van der Waals surface area contributed by atoms with E-state index in [1.807, 2.05) is 14.2 Å². The van der Waals surface area contributed by atoms with E-state index >= 15 is 0 Å². The molecule has 3 atom stereocenters. The molecule has 0 radical (unpaired) electrons. The molecule has 3 unspecified atom stereocenters. The number of ether oxygens (including phenoxy) is 4. The summed E-state index contributed by atoms with van der Waals surface area (Å²) in [6, 6.07) is 0. The van der Waals surface area contributed by atoms with Gasteiger partial charge < -0.3 is 18.9 Å². The van der Waals surface area contributed by atoms with Crippen LogP contribution in [0.1, 0.15) is 67.7 Å². The van der Waals surface area contributed by atoms with E-state index in [4.69, 9.17) is 18.9 Å². The fourth-order valence-electron chi connectivity index (χ4n) is 5.42. The van der Waals surface area contributed by atoms with Gasteiger partial charge in [-0.25, -0.2) is 0 Å². The van der Waals surface area contributed by atoms with Crippen LogP contribution in [-0.4, -0.2) is 53.9 Å². The summed E-state index contributed by atoms with van der Waals surface area (Å²) in [6.07, 6.45) is 2.97. The Morgan fingerprint density at radius 2 is 1.00 bits per heavy atom. The van der Waals surface area contributed by atoms with Crippen LogP contribution in [0.5, 0.6) is 0 Å². The first-order chi connectivity index (χ1) is 12.5. The van der Waals surface area contributed by atoms with E-state index in [2.05, 4.69) is 48.5 Å². The highest BCUT2D eigenvalue weighted by Crippen LogP contribution is 2.46. The lowest BCUT2D eigenvalue weighted by Gasteiger charge is -2.50. The Balaban J connectivity index is 6.22. The van der Waals surface area contributed by atoms with E-state index in [0.717, 1.165) is 19.3 Å². The Labute approximate surface area is 169 Å². The van der Waals surface area contributed by atoms with Crippen LogP contribution in [0.25, 0.3) is 0 Å². The highest BCUT2D eigenvalue weighted by Gasteiger charge is 2.50. The zero-order valence-electron chi connectivity index (χ0n) is 20.1. The van der Waals surface area contributed by atoms with Gasteiger partial charge >= 0.3 is 0 Å². The maximum atomic E-state index is 6.24. The van der Waals surface area contributed by atoms with E-state index in [1.54, 1.807) is 14.2 Å². The van der Waals surface area contributed by atoms with Gasteiger partial charge in [0.2, 0.25) is 0 Å². The molecule has 0 bridgehead atoms. The van der Waals surface area contributed by atoms with Crippen LogP contribution in [0.3, 0.4) is 0 Å². The van der Waals surface area contributed by atoms with Crippen molar-refractivity contribution in [2.75, 3.05) is 41.7 Å². The smallest absolute Gasteiger partial charge is 0.0917 e. The molecule has 27 heavy (non-hydrogen) atoms. The average Bonchev–Trinajstić information content (AvgIpc) is 2.50. The molecule has 0 spiro atoms. The Bertz CT molecular complexity index is 371. The molecular weight excluding hydrogens is 340 g/mol. The second-order valence-corrected chi connectivity index (χ2v) is 9.99. The molecule has 0 amide bonds. The zero-order chi connectivity index (χ0) is 21.3. The highest BCUT2D eigenvalue weighted by atomic mass is 16.5. The predicted octanol–water partition coefficient (Wildman–Crippen LogP) is 5.44. The minimum absolute atomic E-state index is 0.0638. The fourth-order valence-corrected chi connectivity index (χ4v) is 5.42. The van der Waals surface area contributed by atoms with Crippen molar-refractivity contribution in [3.05, 3.63) is 0 Å². The molecule has 0 heterocycles. The third-order valence-electron chi connectivity index (χ3n) is 5.48. The first-order valence-electron chi connectivity index (χ1n) is 10.5. The van der Waals surface area contributed by atoms with Crippen molar-refractivity contribution in [2.45, 2.75) is 79.9 Å². The third-order valence-corrected chi connectivity index (χ3v) is 5.48. The Morgan fingerprint density at radius 3 is 1.30 bits per heavy atom. The molecule has 0 fully saturated rings. The molecule has 0 N–H and O–H groups in total. The maximum absolute atomic E-state index is 6.24. The molecule has 0 aromatic rings. The van der Waals surface area contributed by atoms with Crippen LogP contribution < -0.4 is 0 Å². The van der Waals surface area contributed by atoms with Gasteiger partial charge in [0.05, 0.1) is 25.4 Å². The van der Waals surface area contributed by atoms with Gasteiger partial charge in [-0.05, 0) is 37.0 Å². The van der Waals surface area contributed by atoms with Gasteiger partial charge in [0.15, 0.2) is 0 Å². The minimum atomic E-state index is -0.134. The molecule has 0 aromatic heterocycles. The van der Waals surface area contributed by atoms with E-state index in [9.17, 15) is 0 Å². The highest BCUT2D eigenvalue weighted by molar-refractivity contribution is 5.00. The summed E-state index contributed by atoms with van der Waals surface area (Å²) in [5, 5.41) is 0. The maximum Gasteiger partial charge on any atom is 0.0917 e.